The zero-order valence-corrected chi connectivity index (χ0v) is 11.3. The van der Waals surface area contributed by atoms with Gasteiger partial charge in [0.2, 0.25) is 5.91 Å². The van der Waals surface area contributed by atoms with Crippen molar-refractivity contribution in [2.75, 3.05) is 11.9 Å². The molecule has 1 amide bonds. The Morgan fingerprint density at radius 1 is 1.45 bits per heavy atom. The van der Waals surface area contributed by atoms with Crippen LogP contribution in [0.25, 0.3) is 0 Å². The van der Waals surface area contributed by atoms with Gasteiger partial charge in [0.05, 0.1) is 0 Å². The summed E-state index contributed by atoms with van der Waals surface area (Å²) in [5.41, 5.74) is 2.21. The SMILES string of the molecule is CCC(=CCOc1ccc2c(c1)CCC(=O)N2)C(=O)O. The van der Waals surface area contributed by atoms with Gasteiger partial charge in [0.1, 0.15) is 12.4 Å². The second-order valence-corrected chi connectivity index (χ2v) is 4.57. The number of carbonyl (C=O) groups is 2. The van der Waals surface area contributed by atoms with Crippen LogP contribution in [0.2, 0.25) is 0 Å². The van der Waals surface area contributed by atoms with Crippen molar-refractivity contribution >= 4 is 17.6 Å². The number of carboxylic acids is 1. The maximum absolute atomic E-state index is 11.2. The lowest BCUT2D eigenvalue weighted by atomic mass is 10.0. The van der Waals surface area contributed by atoms with Gasteiger partial charge in [0.25, 0.3) is 0 Å². The molecule has 0 atom stereocenters. The Morgan fingerprint density at radius 2 is 2.25 bits per heavy atom. The fraction of sp³-hybridized carbons (Fsp3) is 0.333. The van der Waals surface area contributed by atoms with Crippen LogP contribution in [-0.4, -0.2) is 23.6 Å². The van der Waals surface area contributed by atoms with E-state index < -0.39 is 5.97 Å². The van der Waals surface area contributed by atoms with Crippen LogP contribution in [0.15, 0.2) is 29.8 Å². The van der Waals surface area contributed by atoms with Crippen molar-refractivity contribution in [3.63, 3.8) is 0 Å². The molecule has 0 bridgehead atoms. The van der Waals surface area contributed by atoms with Gasteiger partial charge >= 0.3 is 5.97 Å². The largest absolute Gasteiger partial charge is 0.490 e. The maximum Gasteiger partial charge on any atom is 0.331 e. The van der Waals surface area contributed by atoms with E-state index in [2.05, 4.69) is 5.32 Å². The lowest BCUT2D eigenvalue weighted by Gasteiger charge is -2.17. The van der Waals surface area contributed by atoms with Crippen LogP contribution in [0, 0.1) is 0 Å². The molecular formula is C15H17NO4. The summed E-state index contributed by atoms with van der Waals surface area (Å²) in [6, 6.07) is 5.46. The molecule has 2 rings (SSSR count). The summed E-state index contributed by atoms with van der Waals surface area (Å²) < 4.78 is 5.53. The quantitative estimate of drug-likeness (QED) is 0.809. The topological polar surface area (TPSA) is 75.6 Å². The third-order valence-corrected chi connectivity index (χ3v) is 3.21. The van der Waals surface area contributed by atoms with E-state index >= 15 is 0 Å². The summed E-state index contributed by atoms with van der Waals surface area (Å²) in [6.07, 6.45) is 3.22. The van der Waals surface area contributed by atoms with E-state index in [0.717, 1.165) is 11.3 Å². The number of anilines is 1. The number of benzene rings is 1. The van der Waals surface area contributed by atoms with E-state index in [1.54, 1.807) is 19.1 Å². The number of amides is 1. The number of ether oxygens (including phenoxy) is 1. The number of fused-ring (bicyclic) bond motifs is 1. The van der Waals surface area contributed by atoms with E-state index in [0.29, 0.717) is 30.6 Å². The zero-order chi connectivity index (χ0) is 14.5. The fourth-order valence-electron chi connectivity index (χ4n) is 2.07. The van der Waals surface area contributed by atoms with Crippen molar-refractivity contribution in [1.29, 1.82) is 0 Å². The Morgan fingerprint density at radius 3 is 2.95 bits per heavy atom. The van der Waals surface area contributed by atoms with Gasteiger partial charge in [-0.2, -0.15) is 0 Å². The van der Waals surface area contributed by atoms with Gasteiger partial charge in [0, 0.05) is 17.7 Å². The first-order valence-corrected chi connectivity index (χ1v) is 6.58. The number of rotatable bonds is 5. The highest BCUT2D eigenvalue weighted by Gasteiger charge is 2.14. The second kappa shape index (κ2) is 6.23. The Hall–Kier alpha value is -2.30. The minimum atomic E-state index is -0.913. The number of nitrogens with one attached hydrogen (secondary N) is 1. The minimum absolute atomic E-state index is 0.0307. The van der Waals surface area contributed by atoms with E-state index in [1.807, 2.05) is 12.1 Å². The minimum Gasteiger partial charge on any atom is -0.490 e. The molecule has 0 aliphatic carbocycles. The van der Waals surface area contributed by atoms with Crippen LogP contribution >= 0.6 is 0 Å². The van der Waals surface area contributed by atoms with Gasteiger partial charge in [-0.25, -0.2) is 4.79 Å². The van der Waals surface area contributed by atoms with Crippen molar-refractivity contribution < 1.29 is 19.4 Å². The molecule has 1 aromatic rings. The van der Waals surface area contributed by atoms with Gasteiger partial charge in [-0.3, -0.25) is 4.79 Å². The molecular weight excluding hydrogens is 258 g/mol. The van der Waals surface area contributed by atoms with Crippen LogP contribution in [0.4, 0.5) is 5.69 Å². The molecule has 5 nitrogen and oxygen atoms in total. The molecule has 106 valence electrons. The number of hydrogen-bond donors (Lipinski definition) is 2. The first-order chi connectivity index (χ1) is 9.60. The molecule has 1 aliphatic rings. The summed E-state index contributed by atoms with van der Waals surface area (Å²) in [7, 11) is 0. The van der Waals surface area contributed by atoms with E-state index in [9.17, 15) is 9.59 Å². The molecule has 1 heterocycles. The third kappa shape index (κ3) is 3.38. The van der Waals surface area contributed by atoms with Crippen LogP contribution in [-0.2, 0) is 16.0 Å². The molecule has 2 N–H and O–H groups in total. The number of aryl methyl sites for hydroxylation is 1. The molecule has 20 heavy (non-hydrogen) atoms. The number of aliphatic carboxylic acids is 1. The fourth-order valence-corrected chi connectivity index (χ4v) is 2.07. The summed E-state index contributed by atoms with van der Waals surface area (Å²) in [6.45, 7) is 2.02. The number of carboxylic acid groups (broad SMARTS) is 1. The highest BCUT2D eigenvalue weighted by Crippen LogP contribution is 2.26. The van der Waals surface area contributed by atoms with Gasteiger partial charge in [0.15, 0.2) is 0 Å². The molecule has 1 aliphatic heterocycles. The lowest BCUT2D eigenvalue weighted by molar-refractivity contribution is -0.132. The standard InChI is InChI=1S/C15H17NO4/c1-2-10(15(18)19)7-8-20-12-4-5-13-11(9-12)3-6-14(17)16-13/h4-5,7,9H,2-3,6,8H2,1H3,(H,16,17)(H,18,19). The average Bonchev–Trinajstić information content (AvgIpc) is 2.43. The highest BCUT2D eigenvalue weighted by molar-refractivity contribution is 5.94. The first-order valence-electron chi connectivity index (χ1n) is 6.58. The second-order valence-electron chi connectivity index (χ2n) is 4.57. The zero-order valence-electron chi connectivity index (χ0n) is 11.3. The molecule has 0 unspecified atom stereocenters. The molecule has 0 fully saturated rings. The van der Waals surface area contributed by atoms with Gasteiger partial charge in [-0.1, -0.05) is 6.92 Å². The molecule has 0 saturated carbocycles. The molecule has 0 saturated heterocycles. The van der Waals surface area contributed by atoms with Crippen molar-refractivity contribution in [3.8, 4) is 5.75 Å². The van der Waals surface area contributed by atoms with Crippen LogP contribution in [0.5, 0.6) is 5.75 Å². The Labute approximate surface area is 117 Å². The normalized spacial score (nSPS) is 14.4. The number of hydrogen-bond acceptors (Lipinski definition) is 3. The first kappa shape index (κ1) is 14.1. The summed E-state index contributed by atoms with van der Waals surface area (Å²) >= 11 is 0. The molecule has 0 spiro atoms. The molecule has 0 aromatic heterocycles. The van der Waals surface area contributed by atoms with Gasteiger partial charge < -0.3 is 15.2 Å². The average molecular weight is 275 g/mol. The summed E-state index contributed by atoms with van der Waals surface area (Å²) in [4.78, 5) is 22.1. The van der Waals surface area contributed by atoms with Crippen molar-refractivity contribution in [2.24, 2.45) is 0 Å². The van der Waals surface area contributed by atoms with E-state index in [4.69, 9.17) is 9.84 Å². The van der Waals surface area contributed by atoms with Crippen molar-refractivity contribution in [2.45, 2.75) is 26.2 Å². The molecule has 1 aromatic carbocycles. The summed E-state index contributed by atoms with van der Waals surface area (Å²) in [5, 5.41) is 11.7. The molecule has 5 heteroatoms. The molecule has 0 radical (unpaired) electrons. The predicted octanol–water partition coefficient (Wildman–Crippen LogP) is 2.37. The van der Waals surface area contributed by atoms with Gasteiger partial charge in [-0.05, 0) is 42.7 Å². The Bertz CT molecular complexity index is 563. The smallest absolute Gasteiger partial charge is 0.331 e. The van der Waals surface area contributed by atoms with Crippen molar-refractivity contribution in [3.05, 3.63) is 35.4 Å². The van der Waals surface area contributed by atoms with E-state index in [1.165, 1.54) is 0 Å². The van der Waals surface area contributed by atoms with Crippen LogP contribution in [0.1, 0.15) is 25.3 Å². The monoisotopic (exact) mass is 275 g/mol. The Kier molecular flexibility index (Phi) is 4.40. The number of carbonyl (C=O) groups excluding carboxylic acids is 1. The third-order valence-electron chi connectivity index (χ3n) is 3.21. The van der Waals surface area contributed by atoms with Crippen LogP contribution < -0.4 is 10.1 Å². The predicted molar refractivity (Wildman–Crippen MR) is 74.9 cm³/mol. The summed E-state index contributed by atoms with van der Waals surface area (Å²) in [5.74, 6) is -0.204. The Balaban J connectivity index is 2.01. The van der Waals surface area contributed by atoms with Gasteiger partial charge in [-0.15, -0.1) is 0 Å². The van der Waals surface area contributed by atoms with Crippen molar-refractivity contribution in [1.82, 2.24) is 0 Å². The maximum atomic E-state index is 11.2. The lowest BCUT2D eigenvalue weighted by Crippen LogP contribution is -2.18. The highest BCUT2D eigenvalue weighted by atomic mass is 16.5. The van der Waals surface area contributed by atoms with E-state index in [-0.39, 0.29) is 12.5 Å². The van der Waals surface area contributed by atoms with Crippen LogP contribution in [0.3, 0.4) is 0 Å².